The highest BCUT2D eigenvalue weighted by Gasteiger charge is 2.53. The second-order valence-electron chi connectivity index (χ2n) is 6.12. The van der Waals surface area contributed by atoms with Gasteiger partial charge in [-0.05, 0) is 37.5 Å². The number of aliphatic hydroxyl groups excluding tert-OH is 1. The van der Waals surface area contributed by atoms with E-state index in [1.54, 1.807) is 0 Å². The zero-order valence-corrected chi connectivity index (χ0v) is 10.7. The number of nitrogens with one attached hydrogen (secondary N) is 1. The van der Waals surface area contributed by atoms with E-state index < -0.39 is 23.3 Å². The Kier molecular flexibility index (Phi) is 2.89. The van der Waals surface area contributed by atoms with Gasteiger partial charge in [-0.2, -0.15) is 0 Å². The summed E-state index contributed by atoms with van der Waals surface area (Å²) < 4.78 is 0. The number of hydrogen-bond acceptors (Lipinski definition) is 3. The van der Waals surface area contributed by atoms with E-state index in [-0.39, 0.29) is 24.3 Å². The first kappa shape index (κ1) is 12.7. The second-order valence-corrected chi connectivity index (χ2v) is 6.12. The number of carboxylic acids is 1. The van der Waals surface area contributed by atoms with Gasteiger partial charge >= 0.3 is 5.97 Å². The molecule has 3 N–H and O–H groups in total. The van der Waals surface area contributed by atoms with Crippen molar-refractivity contribution < 1.29 is 19.8 Å². The number of carbonyl (C=O) groups is 2. The normalized spacial score (nSPS) is 37.9. The SMILES string of the molecule is O=C(O)C1C2C=CC(C2)C1C(=O)NC1(CO)CCC1. The van der Waals surface area contributed by atoms with Crippen LogP contribution < -0.4 is 5.32 Å². The molecule has 0 heterocycles. The molecule has 5 heteroatoms. The zero-order valence-electron chi connectivity index (χ0n) is 10.7. The lowest BCUT2D eigenvalue weighted by atomic mass is 9.75. The third-order valence-electron chi connectivity index (χ3n) is 5.05. The van der Waals surface area contributed by atoms with Gasteiger partial charge in [0.2, 0.25) is 5.91 Å². The maximum absolute atomic E-state index is 12.4. The summed E-state index contributed by atoms with van der Waals surface area (Å²) in [6, 6.07) is 0. The molecule has 3 aliphatic carbocycles. The van der Waals surface area contributed by atoms with E-state index in [0.29, 0.717) is 0 Å². The molecule has 4 atom stereocenters. The smallest absolute Gasteiger partial charge is 0.307 e. The number of hydrogen-bond donors (Lipinski definition) is 3. The van der Waals surface area contributed by atoms with Crippen molar-refractivity contribution in [2.24, 2.45) is 23.7 Å². The first-order valence-electron chi connectivity index (χ1n) is 6.90. The molecule has 0 saturated heterocycles. The van der Waals surface area contributed by atoms with E-state index in [4.69, 9.17) is 0 Å². The van der Waals surface area contributed by atoms with Crippen LogP contribution in [-0.4, -0.2) is 34.2 Å². The highest BCUT2D eigenvalue weighted by molar-refractivity contribution is 5.87. The van der Waals surface area contributed by atoms with Crippen LogP contribution in [0.25, 0.3) is 0 Å². The number of fused-ring (bicyclic) bond motifs is 2. The lowest BCUT2D eigenvalue weighted by Gasteiger charge is -2.42. The highest BCUT2D eigenvalue weighted by atomic mass is 16.4. The van der Waals surface area contributed by atoms with Gasteiger partial charge in [-0.15, -0.1) is 0 Å². The highest BCUT2D eigenvalue weighted by Crippen LogP contribution is 2.48. The van der Waals surface area contributed by atoms with E-state index in [0.717, 1.165) is 25.7 Å². The van der Waals surface area contributed by atoms with Gasteiger partial charge in [-0.3, -0.25) is 9.59 Å². The first-order chi connectivity index (χ1) is 9.06. The number of carboxylic acid groups (broad SMARTS) is 1. The van der Waals surface area contributed by atoms with Crippen LogP contribution in [0.3, 0.4) is 0 Å². The fraction of sp³-hybridized carbons (Fsp3) is 0.714. The predicted molar refractivity (Wildman–Crippen MR) is 67.2 cm³/mol. The van der Waals surface area contributed by atoms with Crippen LogP contribution in [0.5, 0.6) is 0 Å². The summed E-state index contributed by atoms with van der Waals surface area (Å²) in [7, 11) is 0. The Morgan fingerprint density at radius 3 is 2.32 bits per heavy atom. The molecule has 2 bridgehead atoms. The summed E-state index contributed by atoms with van der Waals surface area (Å²) in [5, 5.41) is 21.6. The van der Waals surface area contributed by atoms with Gasteiger partial charge in [-0.1, -0.05) is 12.2 Å². The molecule has 3 aliphatic rings. The van der Waals surface area contributed by atoms with E-state index in [1.807, 2.05) is 12.2 Å². The molecular formula is C14H19NO4. The quantitative estimate of drug-likeness (QED) is 0.648. The van der Waals surface area contributed by atoms with Crippen molar-refractivity contribution in [3.8, 4) is 0 Å². The Bertz CT molecular complexity index is 435. The van der Waals surface area contributed by atoms with E-state index >= 15 is 0 Å². The molecule has 0 aliphatic heterocycles. The van der Waals surface area contributed by atoms with Gasteiger partial charge in [0, 0.05) is 0 Å². The van der Waals surface area contributed by atoms with Crippen LogP contribution in [0.15, 0.2) is 12.2 Å². The van der Waals surface area contributed by atoms with Gasteiger partial charge in [-0.25, -0.2) is 0 Å². The maximum Gasteiger partial charge on any atom is 0.307 e. The lowest BCUT2D eigenvalue weighted by molar-refractivity contribution is -0.148. The summed E-state index contributed by atoms with van der Waals surface area (Å²) in [6.07, 6.45) is 7.23. The lowest BCUT2D eigenvalue weighted by Crippen LogP contribution is -2.58. The standard InChI is InChI=1S/C14H19NO4/c16-7-14(4-1-5-14)15-12(17)10-8-2-3-9(6-8)11(10)13(18)19/h2-3,8-11,16H,1,4-7H2,(H,15,17)(H,18,19). The van der Waals surface area contributed by atoms with E-state index in [9.17, 15) is 19.8 Å². The molecule has 0 radical (unpaired) electrons. The van der Waals surface area contributed by atoms with Crippen LogP contribution in [0, 0.1) is 23.7 Å². The Morgan fingerprint density at radius 2 is 1.84 bits per heavy atom. The van der Waals surface area contributed by atoms with Crippen LogP contribution in [0.4, 0.5) is 0 Å². The molecule has 104 valence electrons. The number of amides is 1. The average Bonchev–Trinajstić information content (AvgIpc) is 2.93. The first-order valence-corrected chi connectivity index (χ1v) is 6.90. The van der Waals surface area contributed by atoms with Crippen LogP contribution in [0.2, 0.25) is 0 Å². The monoisotopic (exact) mass is 265 g/mol. The fourth-order valence-corrected chi connectivity index (χ4v) is 3.79. The van der Waals surface area contributed by atoms with Gasteiger partial charge in [0.25, 0.3) is 0 Å². The molecule has 0 spiro atoms. The molecule has 5 nitrogen and oxygen atoms in total. The summed E-state index contributed by atoms with van der Waals surface area (Å²) in [4.78, 5) is 23.8. The predicted octanol–water partition coefficient (Wildman–Crippen LogP) is 0.540. The van der Waals surface area contributed by atoms with Crippen molar-refractivity contribution in [3.05, 3.63) is 12.2 Å². The topological polar surface area (TPSA) is 86.6 Å². The number of aliphatic hydroxyl groups is 1. The summed E-state index contributed by atoms with van der Waals surface area (Å²) in [5.41, 5.74) is -0.494. The van der Waals surface area contributed by atoms with Gasteiger partial charge in [0.05, 0.1) is 24.0 Å². The van der Waals surface area contributed by atoms with Crippen molar-refractivity contribution in [1.29, 1.82) is 0 Å². The van der Waals surface area contributed by atoms with Crippen molar-refractivity contribution in [3.63, 3.8) is 0 Å². The van der Waals surface area contributed by atoms with Gasteiger partial charge < -0.3 is 15.5 Å². The molecule has 19 heavy (non-hydrogen) atoms. The Morgan fingerprint density at radius 1 is 1.21 bits per heavy atom. The molecule has 0 aromatic rings. The molecule has 0 aromatic heterocycles. The molecule has 2 saturated carbocycles. The molecule has 2 fully saturated rings. The van der Waals surface area contributed by atoms with Crippen LogP contribution in [-0.2, 0) is 9.59 Å². The summed E-state index contributed by atoms with van der Waals surface area (Å²) >= 11 is 0. The fourth-order valence-electron chi connectivity index (χ4n) is 3.79. The number of rotatable bonds is 4. The minimum atomic E-state index is -0.886. The van der Waals surface area contributed by atoms with Crippen molar-refractivity contribution in [1.82, 2.24) is 5.32 Å². The average molecular weight is 265 g/mol. The zero-order chi connectivity index (χ0) is 13.6. The number of carbonyl (C=O) groups excluding carboxylic acids is 1. The molecule has 3 rings (SSSR count). The second kappa shape index (κ2) is 4.34. The molecule has 0 aromatic carbocycles. The number of allylic oxidation sites excluding steroid dienone is 2. The Balaban J connectivity index is 1.75. The molecular weight excluding hydrogens is 246 g/mol. The van der Waals surface area contributed by atoms with Crippen LogP contribution in [0.1, 0.15) is 25.7 Å². The van der Waals surface area contributed by atoms with E-state index in [2.05, 4.69) is 5.32 Å². The molecule has 4 unspecified atom stereocenters. The Hall–Kier alpha value is -1.36. The number of aliphatic carboxylic acids is 1. The summed E-state index contributed by atoms with van der Waals surface area (Å²) in [5.74, 6) is -2.13. The van der Waals surface area contributed by atoms with Crippen molar-refractivity contribution in [2.75, 3.05) is 6.61 Å². The van der Waals surface area contributed by atoms with Crippen molar-refractivity contribution >= 4 is 11.9 Å². The van der Waals surface area contributed by atoms with Gasteiger partial charge in [0.15, 0.2) is 0 Å². The van der Waals surface area contributed by atoms with Crippen molar-refractivity contribution in [2.45, 2.75) is 31.2 Å². The third kappa shape index (κ3) is 1.87. The largest absolute Gasteiger partial charge is 0.481 e. The third-order valence-corrected chi connectivity index (χ3v) is 5.05. The van der Waals surface area contributed by atoms with Gasteiger partial charge in [0.1, 0.15) is 0 Å². The Labute approximate surface area is 111 Å². The maximum atomic E-state index is 12.4. The minimum absolute atomic E-state index is 0.00952. The molecule has 1 amide bonds. The summed E-state index contributed by atoms with van der Waals surface area (Å²) in [6.45, 7) is -0.0624. The van der Waals surface area contributed by atoms with Crippen LogP contribution >= 0.6 is 0 Å². The minimum Gasteiger partial charge on any atom is -0.481 e. The van der Waals surface area contributed by atoms with E-state index in [1.165, 1.54) is 0 Å².